The van der Waals surface area contributed by atoms with E-state index in [1.807, 2.05) is 6.07 Å². The molecule has 3 rings (SSSR count). The number of sulfonamides is 1. The molecule has 20 heavy (non-hydrogen) atoms. The second kappa shape index (κ2) is 4.73. The van der Waals surface area contributed by atoms with E-state index in [9.17, 15) is 13.2 Å². The Morgan fingerprint density at radius 1 is 1.40 bits per heavy atom. The van der Waals surface area contributed by atoms with Gasteiger partial charge >= 0.3 is 6.03 Å². The highest BCUT2D eigenvalue weighted by atomic mass is 32.2. The highest BCUT2D eigenvalue weighted by Gasteiger charge is 2.40. The number of thiophene rings is 1. The van der Waals surface area contributed by atoms with E-state index in [1.54, 1.807) is 4.90 Å². The van der Waals surface area contributed by atoms with Gasteiger partial charge < -0.3 is 10.2 Å². The number of carbonyl (C=O) groups excluding carboxylic acids is 1. The van der Waals surface area contributed by atoms with Crippen LogP contribution in [-0.4, -0.2) is 55.9 Å². The molecule has 2 aliphatic heterocycles. The minimum absolute atomic E-state index is 0.110. The predicted octanol–water partition coefficient (Wildman–Crippen LogP) is 0.0179. The SMILES string of the molecule is N#Cc1ccc(S(=O)(=O)N2CCN3C(=O)NCC3C2)s1. The maximum absolute atomic E-state index is 12.5. The molecule has 1 N–H and O–H groups in total. The summed E-state index contributed by atoms with van der Waals surface area (Å²) in [6, 6.07) is 4.67. The topological polar surface area (TPSA) is 93.5 Å². The zero-order valence-electron chi connectivity index (χ0n) is 10.4. The van der Waals surface area contributed by atoms with E-state index in [0.29, 0.717) is 24.5 Å². The van der Waals surface area contributed by atoms with Gasteiger partial charge in [0, 0.05) is 26.2 Å². The summed E-state index contributed by atoms with van der Waals surface area (Å²) in [5.74, 6) is 0. The Morgan fingerprint density at radius 2 is 2.20 bits per heavy atom. The van der Waals surface area contributed by atoms with Gasteiger partial charge in [-0.05, 0) is 12.1 Å². The standard InChI is InChI=1S/C11H12N4O3S2/c12-5-9-1-2-10(19-9)20(17,18)14-3-4-15-8(7-14)6-13-11(15)16/h1-2,8H,3-4,6-7H2,(H,13,16). The molecule has 1 atom stereocenters. The molecule has 1 aromatic rings. The highest BCUT2D eigenvalue weighted by Crippen LogP contribution is 2.27. The summed E-state index contributed by atoms with van der Waals surface area (Å²) in [5, 5.41) is 11.5. The van der Waals surface area contributed by atoms with Gasteiger partial charge in [-0.15, -0.1) is 11.3 Å². The molecular formula is C11H12N4O3S2. The maximum atomic E-state index is 12.5. The number of carbonyl (C=O) groups is 1. The van der Waals surface area contributed by atoms with Crippen molar-refractivity contribution in [1.82, 2.24) is 14.5 Å². The molecule has 9 heteroatoms. The molecule has 2 amide bonds. The third kappa shape index (κ3) is 2.06. The Bertz CT molecular complexity index is 691. The predicted molar refractivity (Wildman–Crippen MR) is 71.7 cm³/mol. The fraction of sp³-hybridized carbons (Fsp3) is 0.455. The number of piperazine rings is 1. The van der Waals surface area contributed by atoms with Gasteiger partial charge in [0.1, 0.15) is 15.2 Å². The Morgan fingerprint density at radius 3 is 2.90 bits per heavy atom. The Balaban J connectivity index is 1.82. The lowest BCUT2D eigenvalue weighted by molar-refractivity contribution is 0.164. The Kier molecular flexibility index (Phi) is 3.16. The van der Waals surface area contributed by atoms with Crippen molar-refractivity contribution in [2.75, 3.05) is 26.2 Å². The molecule has 3 heterocycles. The molecule has 2 saturated heterocycles. The van der Waals surface area contributed by atoms with E-state index in [4.69, 9.17) is 5.26 Å². The second-order valence-electron chi connectivity index (χ2n) is 4.63. The first kappa shape index (κ1) is 13.4. The van der Waals surface area contributed by atoms with Crippen molar-refractivity contribution in [3.63, 3.8) is 0 Å². The summed E-state index contributed by atoms with van der Waals surface area (Å²) >= 11 is 0.972. The minimum Gasteiger partial charge on any atom is -0.336 e. The van der Waals surface area contributed by atoms with Crippen molar-refractivity contribution in [2.24, 2.45) is 0 Å². The summed E-state index contributed by atoms with van der Waals surface area (Å²) < 4.78 is 26.5. The molecule has 2 fully saturated rings. The van der Waals surface area contributed by atoms with Crippen LogP contribution in [0.3, 0.4) is 0 Å². The van der Waals surface area contributed by atoms with Gasteiger partial charge in [0.05, 0.1) is 6.04 Å². The molecule has 0 aliphatic carbocycles. The molecule has 0 saturated carbocycles. The van der Waals surface area contributed by atoms with Crippen molar-refractivity contribution >= 4 is 27.4 Å². The van der Waals surface area contributed by atoms with E-state index < -0.39 is 10.0 Å². The number of hydrogen-bond acceptors (Lipinski definition) is 5. The number of nitrogens with one attached hydrogen (secondary N) is 1. The first-order valence-electron chi connectivity index (χ1n) is 6.07. The average molecular weight is 312 g/mol. The van der Waals surface area contributed by atoms with Crippen molar-refractivity contribution in [2.45, 2.75) is 10.3 Å². The summed E-state index contributed by atoms with van der Waals surface area (Å²) in [6.45, 7) is 1.44. The average Bonchev–Trinajstić information content (AvgIpc) is 3.06. The fourth-order valence-corrected chi connectivity index (χ4v) is 5.17. The van der Waals surface area contributed by atoms with Crippen LogP contribution >= 0.6 is 11.3 Å². The zero-order chi connectivity index (χ0) is 14.3. The smallest absolute Gasteiger partial charge is 0.317 e. The minimum atomic E-state index is -3.57. The first-order chi connectivity index (χ1) is 9.52. The number of nitrogens with zero attached hydrogens (tertiary/aromatic N) is 3. The monoisotopic (exact) mass is 312 g/mol. The van der Waals surface area contributed by atoms with Gasteiger partial charge in [-0.25, -0.2) is 13.2 Å². The zero-order valence-corrected chi connectivity index (χ0v) is 12.1. The molecule has 1 aromatic heterocycles. The van der Waals surface area contributed by atoms with Crippen LogP contribution in [0.25, 0.3) is 0 Å². The lowest BCUT2D eigenvalue weighted by Gasteiger charge is -2.35. The van der Waals surface area contributed by atoms with Crippen LogP contribution in [0.15, 0.2) is 16.3 Å². The van der Waals surface area contributed by atoms with E-state index in [1.165, 1.54) is 16.4 Å². The first-order valence-corrected chi connectivity index (χ1v) is 8.32. The van der Waals surface area contributed by atoms with E-state index in [-0.39, 0.29) is 22.8 Å². The molecular weight excluding hydrogens is 300 g/mol. The van der Waals surface area contributed by atoms with Crippen molar-refractivity contribution in [3.05, 3.63) is 17.0 Å². The molecule has 0 spiro atoms. The summed E-state index contributed by atoms with van der Waals surface area (Å²) in [6.07, 6.45) is 0. The van der Waals surface area contributed by atoms with Gasteiger partial charge in [0.2, 0.25) is 0 Å². The van der Waals surface area contributed by atoms with E-state index >= 15 is 0 Å². The number of fused-ring (bicyclic) bond motifs is 1. The van der Waals surface area contributed by atoms with Crippen LogP contribution in [0.5, 0.6) is 0 Å². The molecule has 106 valence electrons. The molecule has 0 radical (unpaired) electrons. The van der Waals surface area contributed by atoms with Gasteiger partial charge in [0.15, 0.2) is 0 Å². The number of urea groups is 1. The lowest BCUT2D eigenvalue weighted by Crippen LogP contribution is -2.53. The van der Waals surface area contributed by atoms with Crippen LogP contribution < -0.4 is 5.32 Å². The third-order valence-corrected chi connectivity index (χ3v) is 6.80. The van der Waals surface area contributed by atoms with Crippen molar-refractivity contribution in [3.8, 4) is 6.07 Å². The molecule has 1 unspecified atom stereocenters. The molecule has 2 aliphatic rings. The quantitative estimate of drug-likeness (QED) is 0.833. The third-order valence-electron chi connectivity index (χ3n) is 3.48. The van der Waals surface area contributed by atoms with Crippen molar-refractivity contribution < 1.29 is 13.2 Å². The second-order valence-corrected chi connectivity index (χ2v) is 7.88. The Hall–Kier alpha value is -1.63. The maximum Gasteiger partial charge on any atom is 0.317 e. The number of rotatable bonds is 2. The number of amides is 2. The summed E-state index contributed by atoms with van der Waals surface area (Å²) in [7, 11) is -3.57. The van der Waals surface area contributed by atoms with Crippen molar-refractivity contribution in [1.29, 1.82) is 5.26 Å². The van der Waals surface area contributed by atoms with Crippen LogP contribution in [0.4, 0.5) is 4.79 Å². The molecule has 0 aromatic carbocycles. The van der Waals surface area contributed by atoms with Crippen LogP contribution in [0, 0.1) is 11.3 Å². The van der Waals surface area contributed by atoms with E-state index in [2.05, 4.69) is 5.32 Å². The Labute approximate surface area is 120 Å². The van der Waals surface area contributed by atoms with Gasteiger partial charge in [0.25, 0.3) is 10.0 Å². The largest absolute Gasteiger partial charge is 0.336 e. The lowest BCUT2D eigenvalue weighted by atomic mass is 10.2. The number of hydrogen-bond donors (Lipinski definition) is 1. The van der Waals surface area contributed by atoms with Gasteiger partial charge in [-0.1, -0.05) is 0 Å². The molecule has 7 nitrogen and oxygen atoms in total. The highest BCUT2D eigenvalue weighted by molar-refractivity contribution is 7.91. The molecule has 0 bridgehead atoms. The number of nitriles is 1. The van der Waals surface area contributed by atoms with Gasteiger partial charge in [-0.3, -0.25) is 0 Å². The fourth-order valence-electron chi connectivity index (χ4n) is 2.44. The summed E-state index contributed by atoms with van der Waals surface area (Å²) in [4.78, 5) is 13.5. The normalized spacial score (nSPS) is 23.2. The summed E-state index contributed by atoms with van der Waals surface area (Å²) in [5.41, 5.74) is 0. The van der Waals surface area contributed by atoms with Crippen LogP contribution in [0.1, 0.15) is 4.88 Å². The van der Waals surface area contributed by atoms with Crippen LogP contribution in [0.2, 0.25) is 0 Å². The van der Waals surface area contributed by atoms with Gasteiger partial charge in [-0.2, -0.15) is 9.57 Å². The van der Waals surface area contributed by atoms with Crippen LogP contribution in [-0.2, 0) is 10.0 Å². The van der Waals surface area contributed by atoms with E-state index in [0.717, 1.165) is 11.3 Å².